The third kappa shape index (κ3) is 4.41. The summed E-state index contributed by atoms with van der Waals surface area (Å²) in [6, 6.07) is 13.2. The summed E-state index contributed by atoms with van der Waals surface area (Å²) in [6.45, 7) is 4.39. The van der Waals surface area contributed by atoms with Crippen molar-refractivity contribution >= 4 is 5.91 Å². The number of para-hydroxylation sites is 1. The molecular weight excluding hydrogens is 338 g/mol. The smallest absolute Gasteiger partial charge is 0.237 e. The fourth-order valence-corrected chi connectivity index (χ4v) is 2.82. The van der Waals surface area contributed by atoms with Crippen LogP contribution in [0.4, 0.5) is 0 Å². The Morgan fingerprint density at radius 2 is 1.89 bits per heavy atom. The molecule has 140 valence electrons. The highest BCUT2D eigenvalue weighted by Crippen LogP contribution is 2.23. The van der Waals surface area contributed by atoms with Crippen molar-refractivity contribution in [3.63, 3.8) is 0 Å². The van der Waals surface area contributed by atoms with Gasteiger partial charge in [-0.15, -0.1) is 0 Å². The molecule has 2 atom stereocenters. The van der Waals surface area contributed by atoms with Gasteiger partial charge in [0, 0.05) is 36.3 Å². The Morgan fingerprint density at radius 3 is 2.56 bits per heavy atom. The third-order valence-corrected chi connectivity index (χ3v) is 4.78. The van der Waals surface area contributed by atoms with Gasteiger partial charge in [-0.2, -0.15) is 5.10 Å². The molecule has 2 unspecified atom stereocenters. The number of pyridine rings is 1. The maximum atomic E-state index is 12.4. The first kappa shape index (κ1) is 18.8. The number of amides is 1. The summed E-state index contributed by atoms with van der Waals surface area (Å²) in [5.74, 6) is -0.00537. The average molecular weight is 363 g/mol. The molecule has 2 heterocycles. The van der Waals surface area contributed by atoms with Crippen LogP contribution in [0.25, 0.3) is 16.9 Å². The van der Waals surface area contributed by atoms with Crippen LogP contribution in [0.15, 0.2) is 61.1 Å². The Labute approximate surface area is 159 Å². The molecule has 0 saturated heterocycles. The quantitative estimate of drug-likeness (QED) is 0.676. The zero-order valence-corrected chi connectivity index (χ0v) is 15.7. The van der Waals surface area contributed by atoms with E-state index in [1.54, 1.807) is 12.4 Å². The van der Waals surface area contributed by atoms with Crippen molar-refractivity contribution in [2.24, 2.45) is 11.7 Å². The van der Waals surface area contributed by atoms with Crippen LogP contribution < -0.4 is 11.1 Å². The summed E-state index contributed by atoms with van der Waals surface area (Å²) in [6.07, 6.45) is 6.28. The van der Waals surface area contributed by atoms with E-state index in [9.17, 15) is 4.79 Å². The number of rotatable bonds is 7. The number of hydrogen-bond acceptors (Lipinski definition) is 4. The Morgan fingerprint density at radius 1 is 1.19 bits per heavy atom. The zero-order chi connectivity index (χ0) is 19.2. The highest BCUT2D eigenvalue weighted by atomic mass is 16.2. The standard InChI is InChI=1S/C21H25N5O/c1-3-15(2)19(22)21(27)24-13-17-14-26(18-7-5-4-6-8-18)25-20(17)16-9-11-23-12-10-16/h4-12,14-15,19H,3,13,22H2,1-2H3,(H,24,27). The van der Waals surface area contributed by atoms with Crippen LogP contribution in [0.1, 0.15) is 25.8 Å². The minimum Gasteiger partial charge on any atom is -0.351 e. The van der Waals surface area contributed by atoms with Crippen LogP contribution in [0.5, 0.6) is 0 Å². The van der Waals surface area contributed by atoms with E-state index in [1.807, 2.05) is 67.2 Å². The molecule has 0 aliphatic rings. The molecule has 0 fully saturated rings. The number of hydrogen-bond donors (Lipinski definition) is 2. The molecule has 0 saturated carbocycles. The molecule has 1 amide bonds. The number of nitrogens with zero attached hydrogens (tertiary/aromatic N) is 3. The van der Waals surface area contributed by atoms with E-state index < -0.39 is 6.04 Å². The normalized spacial score (nSPS) is 13.1. The molecule has 3 aromatic rings. The Balaban J connectivity index is 1.87. The number of carbonyl (C=O) groups excluding carboxylic acids is 1. The lowest BCUT2D eigenvalue weighted by molar-refractivity contribution is -0.123. The minimum absolute atomic E-state index is 0.136. The van der Waals surface area contributed by atoms with Gasteiger partial charge in [0.1, 0.15) is 0 Å². The van der Waals surface area contributed by atoms with Gasteiger partial charge >= 0.3 is 0 Å². The van der Waals surface area contributed by atoms with Gasteiger partial charge in [0.25, 0.3) is 0 Å². The summed E-state index contributed by atoms with van der Waals surface area (Å²) in [7, 11) is 0. The fourth-order valence-electron chi connectivity index (χ4n) is 2.82. The van der Waals surface area contributed by atoms with Gasteiger partial charge in [-0.1, -0.05) is 38.5 Å². The van der Waals surface area contributed by atoms with E-state index in [1.165, 1.54) is 0 Å². The summed E-state index contributed by atoms with van der Waals surface area (Å²) in [5, 5.41) is 7.69. The van der Waals surface area contributed by atoms with Crippen LogP contribution >= 0.6 is 0 Å². The molecule has 0 spiro atoms. The number of benzene rings is 1. The lowest BCUT2D eigenvalue weighted by Crippen LogP contribution is -2.44. The van der Waals surface area contributed by atoms with Gasteiger partial charge in [0.2, 0.25) is 5.91 Å². The second-order valence-corrected chi connectivity index (χ2v) is 6.65. The van der Waals surface area contributed by atoms with Gasteiger partial charge < -0.3 is 11.1 Å². The summed E-state index contributed by atoms with van der Waals surface area (Å²) >= 11 is 0. The van der Waals surface area contributed by atoms with Gasteiger partial charge in [0.15, 0.2) is 0 Å². The summed E-state index contributed by atoms with van der Waals surface area (Å²) in [4.78, 5) is 16.4. The van der Waals surface area contributed by atoms with Crippen molar-refractivity contribution in [2.75, 3.05) is 0 Å². The lowest BCUT2D eigenvalue weighted by Gasteiger charge is -2.17. The van der Waals surface area contributed by atoms with Crippen LogP contribution in [0.3, 0.4) is 0 Å². The first-order valence-corrected chi connectivity index (χ1v) is 9.17. The molecule has 3 rings (SSSR count). The molecule has 0 aliphatic heterocycles. The molecule has 0 aliphatic carbocycles. The van der Waals surface area contributed by atoms with E-state index in [-0.39, 0.29) is 11.8 Å². The van der Waals surface area contributed by atoms with E-state index in [0.29, 0.717) is 6.54 Å². The second-order valence-electron chi connectivity index (χ2n) is 6.65. The van der Waals surface area contributed by atoms with Gasteiger partial charge in [-0.25, -0.2) is 4.68 Å². The number of carbonyl (C=O) groups is 1. The van der Waals surface area contributed by atoms with Gasteiger partial charge in [-0.05, 0) is 30.2 Å². The predicted molar refractivity (Wildman–Crippen MR) is 106 cm³/mol. The van der Waals surface area contributed by atoms with Gasteiger partial charge in [0.05, 0.1) is 17.4 Å². The van der Waals surface area contributed by atoms with Crippen LogP contribution in [0.2, 0.25) is 0 Å². The molecule has 3 N–H and O–H groups in total. The SMILES string of the molecule is CCC(C)C(N)C(=O)NCc1cn(-c2ccccc2)nc1-c1ccncc1. The highest BCUT2D eigenvalue weighted by molar-refractivity contribution is 5.82. The number of aromatic nitrogens is 3. The van der Waals surface area contributed by atoms with Gasteiger partial charge in [-0.3, -0.25) is 9.78 Å². The largest absolute Gasteiger partial charge is 0.351 e. The van der Waals surface area contributed by atoms with Crippen molar-refractivity contribution in [3.05, 3.63) is 66.6 Å². The molecule has 2 aromatic heterocycles. The van der Waals surface area contributed by atoms with E-state index >= 15 is 0 Å². The molecule has 27 heavy (non-hydrogen) atoms. The summed E-state index contributed by atoms with van der Waals surface area (Å²) < 4.78 is 1.83. The topological polar surface area (TPSA) is 85.8 Å². The first-order chi connectivity index (χ1) is 13.1. The van der Waals surface area contributed by atoms with Crippen LogP contribution in [-0.2, 0) is 11.3 Å². The van der Waals surface area contributed by atoms with Crippen molar-refractivity contribution in [1.82, 2.24) is 20.1 Å². The summed E-state index contributed by atoms with van der Waals surface area (Å²) in [5.41, 5.74) is 9.70. The van der Waals surface area contributed by atoms with Crippen molar-refractivity contribution < 1.29 is 4.79 Å². The zero-order valence-electron chi connectivity index (χ0n) is 15.7. The predicted octanol–water partition coefficient (Wildman–Crippen LogP) is 2.92. The maximum Gasteiger partial charge on any atom is 0.237 e. The van der Waals surface area contributed by atoms with Crippen molar-refractivity contribution in [3.8, 4) is 16.9 Å². The highest BCUT2D eigenvalue weighted by Gasteiger charge is 2.20. The molecule has 0 bridgehead atoms. The average Bonchev–Trinajstić information content (AvgIpc) is 3.16. The third-order valence-electron chi connectivity index (χ3n) is 4.78. The molecule has 0 radical (unpaired) electrons. The number of nitrogens with one attached hydrogen (secondary N) is 1. The maximum absolute atomic E-state index is 12.4. The monoisotopic (exact) mass is 363 g/mol. The Bertz CT molecular complexity index is 876. The van der Waals surface area contributed by atoms with E-state index in [2.05, 4.69) is 10.3 Å². The first-order valence-electron chi connectivity index (χ1n) is 9.17. The molecule has 6 nitrogen and oxygen atoms in total. The van der Waals surface area contributed by atoms with Crippen LogP contribution in [0, 0.1) is 5.92 Å². The Hall–Kier alpha value is -2.99. The molecule has 6 heteroatoms. The van der Waals surface area contributed by atoms with E-state index in [0.717, 1.165) is 28.9 Å². The van der Waals surface area contributed by atoms with Crippen molar-refractivity contribution in [2.45, 2.75) is 32.9 Å². The molecule has 1 aromatic carbocycles. The van der Waals surface area contributed by atoms with Crippen LogP contribution in [-0.4, -0.2) is 26.7 Å². The minimum atomic E-state index is -0.511. The fraction of sp³-hybridized carbons (Fsp3) is 0.286. The number of nitrogens with two attached hydrogens (primary N) is 1. The molecular formula is C21H25N5O. The van der Waals surface area contributed by atoms with E-state index in [4.69, 9.17) is 10.8 Å². The lowest BCUT2D eigenvalue weighted by atomic mass is 9.99. The van der Waals surface area contributed by atoms with Crippen molar-refractivity contribution in [1.29, 1.82) is 0 Å². The Kier molecular flexibility index (Phi) is 5.98. The second kappa shape index (κ2) is 8.60.